The fraction of sp³-hybridized carbons (Fsp3) is 0.130. The molecular formula is C23H19N3O7. The number of para-hydroxylation sites is 1. The molecule has 1 heterocycles. The summed E-state index contributed by atoms with van der Waals surface area (Å²) >= 11 is 0. The number of ether oxygens (including phenoxy) is 3. The molecule has 0 atom stereocenters. The smallest absolute Gasteiger partial charge is 0.282 e. The Balaban J connectivity index is 1.66. The van der Waals surface area contributed by atoms with Crippen molar-refractivity contribution in [2.24, 2.45) is 0 Å². The van der Waals surface area contributed by atoms with E-state index in [9.17, 15) is 14.9 Å². The second-order valence-electron chi connectivity index (χ2n) is 6.84. The van der Waals surface area contributed by atoms with E-state index in [1.165, 1.54) is 39.5 Å². The zero-order valence-corrected chi connectivity index (χ0v) is 17.9. The average Bonchev–Trinajstić information content (AvgIpc) is 3.26. The molecule has 10 nitrogen and oxygen atoms in total. The predicted octanol–water partition coefficient (Wildman–Crippen LogP) is 4.68. The molecule has 0 fully saturated rings. The van der Waals surface area contributed by atoms with Gasteiger partial charge < -0.3 is 23.9 Å². The van der Waals surface area contributed by atoms with Gasteiger partial charge in [0.1, 0.15) is 11.1 Å². The maximum atomic E-state index is 12.6. The molecule has 0 aliphatic carbocycles. The fourth-order valence-electron chi connectivity index (χ4n) is 3.36. The summed E-state index contributed by atoms with van der Waals surface area (Å²) in [7, 11) is 4.54. The van der Waals surface area contributed by atoms with Crippen LogP contribution in [0.2, 0.25) is 0 Å². The molecule has 33 heavy (non-hydrogen) atoms. The lowest BCUT2D eigenvalue weighted by Crippen LogP contribution is -2.13. The lowest BCUT2D eigenvalue weighted by Gasteiger charge is -2.12. The van der Waals surface area contributed by atoms with E-state index in [0.29, 0.717) is 45.5 Å². The molecule has 0 radical (unpaired) electrons. The van der Waals surface area contributed by atoms with E-state index in [1.807, 2.05) is 0 Å². The van der Waals surface area contributed by atoms with Crippen molar-refractivity contribution >= 4 is 28.4 Å². The number of nitro benzene ring substituents is 1. The molecule has 0 saturated heterocycles. The first-order valence-electron chi connectivity index (χ1n) is 9.71. The molecule has 0 aliphatic heterocycles. The molecule has 4 rings (SSSR count). The first kappa shape index (κ1) is 21.6. The molecule has 1 amide bonds. The van der Waals surface area contributed by atoms with Crippen LogP contribution in [0.15, 0.2) is 59.0 Å². The molecule has 0 unspecified atom stereocenters. The van der Waals surface area contributed by atoms with Gasteiger partial charge in [0.25, 0.3) is 11.6 Å². The van der Waals surface area contributed by atoms with E-state index in [-0.39, 0.29) is 11.3 Å². The number of nitro groups is 1. The van der Waals surface area contributed by atoms with Crippen molar-refractivity contribution in [3.05, 3.63) is 70.3 Å². The van der Waals surface area contributed by atoms with Crippen molar-refractivity contribution in [1.29, 1.82) is 0 Å². The number of nitrogens with zero attached hydrogens (tertiary/aromatic N) is 2. The number of anilines is 1. The van der Waals surface area contributed by atoms with Gasteiger partial charge in [-0.1, -0.05) is 12.1 Å². The molecule has 1 aromatic heterocycles. The quantitative estimate of drug-likeness (QED) is 0.318. The SMILES string of the molecule is COc1cc(-c2nc3cc(NC(=O)c4ccccc4[N+](=O)[O-])ccc3o2)cc(OC)c1OC. The number of aromatic nitrogens is 1. The molecule has 4 aromatic rings. The number of amides is 1. The van der Waals surface area contributed by atoms with Gasteiger partial charge in [0.15, 0.2) is 17.1 Å². The van der Waals surface area contributed by atoms with Gasteiger partial charge in [0.2, 0.25) is 11.6 Å². The summed E-state index contributed by atoms with van der Waals surface area (Å²) < 4.78 is 21.9. The zero-order valence-electron chi connectivity index (χ0n) is 17.9. The van der Waals surface area contributed by atoms with Crippen molar-refractivity contribution in [2.45, 2.75) is 0 Å². The third-order valence-electron chi connectivity index (χ3n) is 4.90. The molecule has 0 aliphatic rings. The summed E-state index contributed by atoms with van der Waals surface area (Å²) in [5, 5.41) is 13.9. The van der Waals surface area contributed by atoms with Gasteiger partial charge in [-0.05, 0) is 36.4 Å². The van der Waals surface area contributed by atoms with E-state index < -0.39 is 10.8 Å². The first-order valence-corrected chi connectivity index (χ1v) is 9.71. The maximum absolute atomic E-state index is 12.6. The Morgan fingerprint density at radius 3 is 2.33 bits per heavy atom. The zero-order chi connectivity index (χ0) is 23.5. The van der Waals surface area contributed by atoms with Crippen LogP contribution in [0.25, 0.3) is 22.6 Å². The standard InChI is InChI=1S/C23H19N3O7/c1-30-19-10-13(11-20(31-2)21(19)32-3)23-25-16-12-14(8-9-18(16)33-23)24-22(27)15-6-4-5-7-17(15)26(28)29/h4-12H,1-3H3,(H,24,27). The van der Waals surface area contributed by atoms with Crippen LogP contribution in [0.4, 0.5) is 11.4 Å². The van der Waals surface area contributed by atoms with E-state index in [2.05, 4.69) is 10.3 Å². The van der Waals surface area contributed by atoms with Crippen molar-refractivity contribution < 1.29 is 28.3 Å². The van der Waals surface area contributed by atoms with Crippen LogP contribution in [0.1, 0.15) is 10.4 Å². The van der Waals surface area contributed by atoms with Gasteiger partial charge in [-0.3, -0.25) is 14.9 Å². The van der Waals surface area contributed by atoms with Crippen LogP contribution in [0.5, 0.6) is 17.2 Å². The van der Waals surface area contributed by atoms with Crippen LogP contribution in [0, 0.1) is 10.1 Å². The van der Waals surface area contributed by atoms with Gasteiger partial charge in [-0.25, -0.2) is 4.98 Å². The van der Waals surface area contributed by atoms with Gasteiger partial charge in [-0.15, -0.1) is 0 Å². The van der Waals surface area contributed by atoms with Crippen molar-refractivity contribution in [1.82, 2.24) is 4.98 Å². The molecule has 0 saturated carbocycles. The second-order valence-corrected chi connectivity index (χ2v) is 6.84. The van der Waals surface area contributed by atoms with Gasteiger partial charge in [0.05, 0.1) is 26.3 Å². The number of methoxy groups -OCH3 is 3. The molecular weight excluding hydrogens is 430 g/mol. The molecule has 3 aromatic carbocycles. The Bertz CT molecular complexity index is 1340. The number of hydrogen-bond donors (Lipinski definition) is 1. The normalized spacial score (nSPS) is 10.6. The van der Waals surface area contributed by atoms with E-state index >= 15 is 0 Å². The number of carbonyl (C=O) groups is 1. The number of nitrogens with one attached hydrogen (secondary N) is 1. The molecule has 0 bridgehead atoms. The van der Waals surface area contributed by atoms with Crippen LogP contribution in [-0.2, 0) is 0 Å². The van der Waals surface area contributed by atoms with E-state index in [4.69, 9.17) is 18.6 Å². The summed E-state index contributed by atoms with van der Waals surface area (Å²) in [4.78, 5) is 27.7. The topological polar surface area (TPSA) is 126 Å². The number of carbonyl (C=O) groups excluding carboxylic acids is 1. The Morgan fingerprint density at radius 2 is 1.70 bits per heavy atom. The third kappa shape index (κ3) is 4.13. The Kier molecular flexibility index (Phi) is 5.81. The Hall–Kier alpha value is -4.60. The molecule has 0 spiro atoms. The van der Waals surface area contributed by atoms with Crippen LogP contribution >= 0.6 is 0 Å². The minimum absolute atomic E-state index is 0.0409. The summed E-state index contributed by atoms with van der Waals surface area (Å²) in [5.74, 6) is 1.05. The highest BCUT2D eigenvalue weighted by molar-refractivity contribution is 6.07. The summed E-state index contributed by atoms with van der Waals surface area (Å²) in [6, 6.07) is 14.1. The molecule has 168 valence electrons. The van der Waals surface area contributed by atoms with E-state index in [0.717, 1.165) is 0 Å². The summed E-state index contributed by atoms with van der Waals surface area (Å²) in [5.41, 5.74) is 1.67. The van der Waals surface area contributed by atoms with Crippen molar-refractivity contribution in [3.8, 4) is 28.7 Å². The van der Waals surface area contributed by atoms with E-state index in [1.54, 1.807) is 36.4 Å². The number of rotatable bonds is 7. The summed E-state index contributed by atoms with van der Waals surface area (Å²) in [6.45, 7) is 0. The number of hydrogen-bond acceptors (Lipinski definition) is 8. The molecule has 1 N–H and O–H groups in total. The highest BCUT2D eigenvalue weighted by Crippen LogP contribution is 2.41. The fourth-order valence-corrected chi connectivity index (χ4v) is 3.36. The highest BCUT2D eigenvalue weighted by Gasteiger charge is 2.20. The lowest BCUT2D eigenvalue weighted by atomic mass is 10.1. The van der Waals surface area contributed by atoms with Crippen molar-refractivity contribution in [3.63, 3.8) is 0 Å². The minimum atomic E-state index is -0.602. The third-order valence-corrected chi connectivity index (χ3v) is 4.90. The van der Waals surface area contributed by atoms with Crippen LogP contribution in [0.3, 0.4) is 0 Å². The maximum Gasteiger partial charge on any atom is 0.282 e. The lowest BCUT2D eigenvalue weighted by molar-refractivity contribution is -0.385. The predicted molar refractivity (Wildman–Crippen MR) is 120 cm³/mol. The monoisotopic (exact) mass is 449 g/mol. The average molecular weight is 449 g/mol. The molecule has 10 heteroatoms. The van der Waals surface area contributed by atoms with Crippen LogP contribution in [-0.4, -0.2) is 37.1 Å². The first-order chi connectivity index (χ1) is 15.9. The van der Waals surface area contributed by atoms with Crippen molar-refractivity contribution in [2.75, 3.05) is 26.6 Å². The van der Waals surface area contributed by atoms with Crippen LogP contribution < -0.4 is 19.5 Å². The number of fused-ring (bicyclic) bond motifs is 1. The number of oxazole rings is 1. The number of benzene rings is 3. The largest absolute Gasteiger partial charge is 0.493 e. The minimum Gasteiger partial charge on any atom is -0.493 e. The van der Waals surface area contributed by atoms with Gasteiger partial charge in [-0.2, -0.15) is 0 Å². The second kappa shape index (κ2) is 8.87. The summed E-state index contributed by atoms with van der Waals surface area (Å²) in [6.07, 6.45) is 0. The van der Waals surface area contributed by atoms with Gasteiger partial charge in [0, 0.05) is 17.3 Å². The Morgan fingerprint density at radius 1 is 1.00 bits per heavy atom. The highest BCUT2D eigenvalue weighted by atomic mass is 16.6. The van der Waals surface area contributed by atoms with Gasteiger partial charge >= 0.3 is 0 Å². The Labute approximate surface area is 187 Å².